The van der Waals surface area contributed by atoms with Crippen molar-refractivity contribution < 1.29 is 19.8 Å². The fourth-order valence-corrected chi connectivity index (χ4v) is 2.03. The molecular weight excluding hydrogens is 224 g/mol. The quantitative estimate of drug-likeness (QED) is 0.577. The van der Waals surface area contributed by atoms with Gasteiger partial charge in [-0.05, 0) is 19.8 Å². The first-order valence-corrected chi connectivity index (χ1v) is 5.96. The number of nitrogens with one attached hydrogen (secondary N) is 2. The normalized spacial score (nSPS) is 26.0. The summed E-state index contributed by atoms with van der Waals surface area (Å²) < 4.78 is 0. The van der Waals surface area contributed by atoms with Crippen LogP contribution in [0.2, 0.25) is 0 Å². The molecule has 1 rings (SSSR count). The van der Waals surface area contributed by atoms with Crippen LogP contribution in [-0.4, -0.2) is 40.4 Å². The number of carbonyl (C=O) groups is 2. The summed E-state index contributed by atoms with van der Waals surface area (Å²) in [7, 11) is 0. The Balaban J connectivity index is 2.30. The smallest absolute Gasteiger partial charge is 0.315 e. The van der Waals surface area contributed by atoms with Crippen LogP contribution in [0.5, 0.6) is 0 Å². The molecule has 3 atom stereocenters. The highest BCUT2D eigenvalue weighted by molar-refractivity contribution is 5.76. The van der Waals surface area contributed by atoms with Gasteiger partial charge in [-0.1, -0.05) is 12.8 Å². The van der Waals surface area contributed by atoms with Gasteiger partial charge in [-0.2, -0.15) is 0 Å². The molecule has 3 unspecified atom stereocenters. The lowest BCUT2D eigenvalue weighted by atomic mass is 9.93. The van der Waals surface area contributed by atoms with Crippen LogP contribution in [0.4, 0.5) is 4.79 Å². The van der Waals surface area contributed by atoms with E-state index in [1.54, 1.807) is 6.92 Å². The van der Waals surface area contributed by atoms with Crippen LogP contribution >= 0.6 is 0 Å². The van der Waals surface area contributed by atoms with Crippen LogP contribution in [0.3, 0.4) is 0 Å². The molecule has 0 radical (unpaired) electrons. The van der Waals surface area contributed by atoms with Crippen molar-refractivity contribution in [3.05, 3.63) is 0 Å². The summed E-state index contributed by atoms with van der Waals surface area (Å²) >= 11 is 0. The van der Waals surface area contributed by atoms with Gasteiger partial charge in [0, 0.05) is 6.04 Å². The summed E-state index contributed by atoms with van der Waals surface area (Å²) in [6.45, 7) is 1.63. The van der Waals surface area contributed by atoms with Crippen molar-refractivity contribution >= 4 is 12.0 Å². The lowest BCUT2D eigenvalue weighted by Crippen LogP contribution is -2.51. The van der Waals surface area contributed by atoms with Crippen molar-refractivity contribution in [1.29, 1.82) is 0 Å². The van der Waals surface area contributed by atoms with E-state index >= 15 is 0 Å². The summed E-state index contributed by atoms with van der Waals surface area (Å²) in [5.74, 6) is -0.949. The van der Waals surface area contributed by atoms with Gasteiger partial charge in [-0.25, -0.2) is 4.79 Å². The molecule has 1 aliphatic rings. The molecule has 1 fully saturated rings. The van der Waals surface area contributed by atoms with Crippen LogP contribution < -0.4 is 10.6 Å². The summed E-state index contributed by atoms with van der Waals surface area (Å²) in [4.78, 5) is 21.9. The van der Waals surface area contributed by atoms with E-state index in [4.69, 9.17) is 5.11 Å². The van der Waals surface area contributed by atoms with E-state index in [1.165, 1.54) is 0 Å². The standard InChI is InChI=1S/C11H20N2O4/c1-7(6-10(15)16)12-11(17)13-8-4-2-3-5-9(8)14/h7-9,14H,2-6H2,1H3,(H,15,16)(H2,12,13,17). The molecule has 1 saturated carbocycles. The number of hydrogen-bond acceptors (Lipinski definition) is 3. The number of aliphatic hydroxyl groups excluding tert-OH is 1. The third kappa shape index (κ3) is 5.04. The van der Waals surface area contributed by atoms with Crippen molar-refractivity contribution in [1.82, 2.24) is 10.6 Å². The van der Waals surface area contributed by atoms with Crippen molar-refractivity contribution in [2.24, 2.45) is 0 Å². The van der Waals surface area contributed by atoms with Crippen LogP contribution in [-0.2, 0) is 4.79 Å². The lowest BCUT2D eigenvalue weighted by Gasteiger charge is -2.28. The number of rotatable bonds is 4. The largest absolute Gasteiger partial charge is 0.481 e. The van der Waals surface area contributed by atoms with Gasteiger partial charge < -0.3 is 20.8 Å². The van der Waals surface area contributed by atoms with E-state index in [9.17, 15) is 14.7 Å². The van der Waals surface area contributed by atoms with E-state index in [1.807, 2.05) is 0 Å². The van der Waals surface area contributed by atoms with Gasteiger partial charge in [0.1, 0.15) is 0 Å². The Hall–Kier alpha value is -1.30. The second-order valence-electron chi connectivity index (χ2n) is 4.58. The topological polar surface area (TPSA) is 98.7 Å². The number of hydrogen-bond donors (Lipinski definition) is 4. The molecule has 0 saturated heterocycles. The monoisotopic (exact) mass is 244 g/mol. The predicted molar refractivity (Wildman–Crippen MR) is 61.6 cm³/mol. The van der Waals surface area contributed by atoms with Crippen molar-refractivity contribution in [2.75, 3.05) is 0 Å². The molecule has 6 nitrogen and oxygen atoms in total. The fourth-order valence-electron chi connectivity index (χ4n) is 2.03. The average molecular weight is 244 g/mol. The Kier molecular flexibility index (Phi) is 5.21. The second kappa shape index (κ2) is 6.44. The third-order valence-electron chi connectivity index (χ3n) is 2.90. The number of aliphatic carboxylic acids is 1. The summed E-state index contributed by atoms with van der Waals surface area (Å²) in [5.41, 5.74) is 0. The highest BCUT2D eigenvalue weighted by Crippen LogP contribution is 2.18. The van der Waals surface area contributed by atoms with Crippen LogP contribution in [0.15, 0.2) is 0 Å². The van der Waals surface area contributed by atoms with Crippen molar-refractivity contribution in [2.45, 2.75) is 57.2 Å². The zero-order valence-corrected chi connectivity index (χ0v) is 9.98. The molecule has 0 bridgehead atoms. The minimum absolute atomic E-state index is 0.110. The Morgan fingerprint density at radius 1 is 1.35 bits per heavy atom. The first-order valence-electron chi connectivity index (χ1n) is 5.96. The first kappa shape index (κ1) is 13.8. The molecule has 0 aromatic carbocycles. The molecule has 6 heteroatoms. The SMILES string of the molecule is CC(CC(=O)O)NC(=O)NC1CCCCC1O. The van der Waals surface area contributed by atoms with E-state index in [0.717, 1.165) is 19.3 Å². The summed E-state index contributed by atoms with van der Waals surface area (Å²) in [6, 6.07) is -1.06. The number of carboxylic acid groups (broad SMARTS) is 1. The Morgan fingerprint density at radius 3 is 2.59 bits per heavy atom. The van der Waals surface area contributed by atoms with Crippen LogP contribution in [0.25, 0.3) is 0 Å². The fraction of sp³-hybridized carbons (Fsp3) is 0.818. The average Bonchev–Trinajstić information content (AvgIpc) is 2.19. The summed E-state index contributed by atoms with van der Waals surface area (Å²) in [5, 5.41) is 23.4. The van der Waals surface area contributed by atoms with Gasteiger partial charge in [0.25, 0.3) is 0 Å². The molecule has 4 N–H and O–H groups in total. The highest BCUT2D eigenvalue weighted by atomic mass is 16.4. The molecule has 1 aliphatic carbocycles. The Labute approximate surface area is 100 Å². The van der Waals surface area contributed by atoms with Gasteiger partial charge in [0.05, 0.1) is 18.6 Å². The zero-order chi connectivity index (χ0) is 12.8. The Morgan fingerprint density at radius 2 is 2.00 bits per heavy atom. The maximum Gasteiger partial charge on any atom is 0.315 e. The van der Waals surface area contributed by atoms with Gasteiger partial charge in [0.2, 0.25) is 0 Å². The molecule has 0 heterocycles. The van der Waals surface area contributed by atoms with Gasteiger partial charge in [-0.3, -0.25) is 4.79 Å². The molecule has 17 heavy (non-hydrogen) atoms. The number of carbonyl (C=O) groups excluding carboxylic acids is 1. The number of aliphatic hydroxyl groups is 1. The zero-order valence-electron chi connectivity index (χ0n) is 9.98. The molecular formula is C11H20N2O4. The predicted octanol–water partition coefficient (Wildman–Crippen LogP) is 0.452. The number of amides is 2. The first-order chi connectivity index (χ1) is 7.99. The molecule has 0 spiro atoms. The van der Waals surface area contributed by atoms with Gasteiger partial charge >= 0.3 is 12.0 Å². The van der Waals surface area contributed by atoms with E-state index in [2.05, 4.69) is 10.6 Å². The van der Waals surface area contributed by atoms with E-state index in [0.29, 0.717) is 6.42 Å². The lowest BCUT2D eigenvalue weighted by molar-refractivity contribution is -0.137. The molecule has 98 valence electrons. The number of carboxylic acids is 1. The van der Waals surface area contributed by atoms with E-state index in [-0.39, 0.29) is 12.5 Å². The van der Waals surface area contributed by atoms with Gasteiger partial charge in [0.15, 0.2) is 0 Å². The summed E-state index contributed by atoms with van der Waals surface area (Å²) in [6.07, 6.45) is 2.84. The molecule has 0 aliphatic heterocycles. The second-order valence-corrected chi connectivity index (χ2v) is 4.58. The van der Waals surface area contributed by atoms with Crippen molar-refractivity contribution in [3.8, 4) is 0 Å². The minimum Gasteiger partial charge on any atom is -0.481 e. The van der Waals surface area contributed by atoms with Gasteiger partial charge in [-0.15, -0.1) is 0 Å². The van der Waals surface area contributed by atoms with Crippen molar-refractivity contribution in [3.63, 3.8) is 0 Å². The van der Waals surface area contributed by atoms with E-state index < -0.39 is 24.1 Å². The maximum absolute atomic E-state index is 11.5. The van der Waals surface area contributed by atoms with Crippen LogP contribution in [0, 0.1) is 0 Å². The molecule has 2 amide bonds. The Bertz CT molecular complexity index is 283. The number of urea groups is 1. The third-order valence-corrected chi connectivity index (χ3v) is 2.90. The highest BCUT2D eigenvalue weighted by Gasteiger charge is 2.24. The minimum atomic E-state index is -0.949. The molecule has 0 aromatic heterocycles. The van der Waals surface area contributed by atoms with Crippen LogP contribution in [0.1, 0.15) is 39.0 Å². The molecule has 0 aromatic rings. The maximum atomic E-state index is 11.5.